The number of nitrogens with zero attached hydrogens (tertiary/aromatic N) is 2. The summed E-state index contributed by atoms with van der Waals surface area (Å²) in [4.78, 5) is 35.5. The lowest BCUT2D eigenvalue weighted by molar-refractivity contribution is -0.143. The van der Waals surface area contributed by atoms with Crippen LogP contribution in [-0.4, -0.2) is 32.3 Å². The highest BCUT2D eigenvalue weighted by atomic mass is 16.4. The molecule has 1 atom stereocenters. The molecular formula is C13H19N3O4. The molecule has 0 bridgehead atoms. The fourth-order valence-electron chi connectivity index (χ4n) is 1.72. The number of aryl methyl sites for hydroxylation is 2. The van der Waals surface area contributed by atoms with Crippen LogP contribution in [0.25, 0.3) is 0 Å². The van der Waals surface area contributed by atoms with Crippen molar-refractivity contribution in [1.82, 2.24) is 15.1 Å². The van der Waals surface area contributed by atoms with Crippen molar-refractivity contribution in [3.05, 3.63) is 27.2 Å². The van der Waals surface area contributed by atoms with Crippen molar-refractivity contribution < 1.29 is 14.7 Å². The Bertz CT molecular complexity index is 621. The van der Waals surface area contributed by atoms with Gasteiger partial charge in [-0.15, -0.1) is 0 Å². The minimum Gasteiger partial charge on any atom is -0.480 e. The number of nitrogens with one attached hydrogen (secondary N) is 1. The van der Waals surface area contributed by atoms with Crippen molar-refractivity contribution in [3.8, 4) is 0 Å². The Balaban J connectivity index is 3.30. The van der Waals surface area contributed by atoms with E-state index in [4.69, 9.17) is 5.11 Å². The third-order valence-corrected chi connectivity index (χ3v) is 3.52. The van der Waals surface area contributed by atoms with Gasteiger partial charge in [-0.25, -0.2) is 9.48 Å². The van der Waals surface area contributed by atoms with Gasteiger partial charge in [-0.3, -0.25) is 9.59 Å². The van der Waals surface area contributed by atoms with E-state index in [0.717, 1.165) is 4.68 Å². The molecule has 0 aliphatic carbocycles. The lowest BCUT2D eigenvalue weighted by Gasteiger charge is -2.25. The minimum absolute atomic E-state index is 0.0686. The molecular weight excluding hydrogens is 262 g/mol. The van der Waals surface area contributed by atoms with E-state index in [1.54, 1.807) is 20.8 Å². The van der Waals surface area contributed by atoms with Crippen LogP contribution in [0.15, 0.2) is 4.79 Å². The molecule has 0 spiro atoms. The number of amides is 1. The van der Waals surface area contributed by atoms with E-state index in [9.17, 15) is 14.4 Å². The number of carboxylic acids is 1. The summed E-state index contributed by atoms with van der Waals surface area (Å²) in [6.45, 7) is 6.35. The highest BCUT2D eigenvalue weighted by molar-refractivity contribution is 5.98. The second-order valence-electron chi connectivity index (χ2n) is 4.96. The third kappa shape index (κ3) is 2.71. The van der Waals surface area contributed by atoms with Crippen LogP contribution in [0.2, 0.25) is 0 Å². The van der Waals surface area contributed by atoms with Gasteiger partial charge in [0.2, 0.25) is 0 Å². The van der Waals surface area contributed by atoms with Crippen LogP contribution < -0.4 is 10.9 Å². The van der Waals surface area contributed by atoms with Crippen LogP contribution in [0.5, 0.6) is 0 Å². The number of aliphatic carboxylic acids is 1. The zero-order valence-corrected chi connectivity index (χ0v) is 12.3. The second-order valence-corrected chi connectivity index (χ2v) is 4.96. The first-order valence-corrected chi connectivity index (χ1v) is 6.24. The molecule has 7 heteroatoms. The molecule has 0 saturated carbocycles. The molecule has 1 amide bonds. The number of carbonyl (C=O) groups excluding carboxylic acids is 1. The van der Waals surface area contributed by atoms with Crippen LogP contribution in [0.1, 0.15) is 41.9 Å². The zero-order chi connectivity index (χ0) is 15.7. The molecule has 20 heavy (non-hydrogen) atoms. The molecule has 1 rings (SSSR count). The summed E-state index contributed by atoms with van der Waals surface area (Å²) in [6.07, 6.45) is 0.206. The van der Waals surface area contributed by atoms with E-state index >= 15 is 0 Å². The van der Waals surface area contributed by atoms with E-state index in [-0.39, 0.29) is 12.0 Å². The van der Waals surface area contributed by atoms with Gasteiger partial charge < -0.3 is 10.4 Å². The lowest BCUT2D eigenvalue weighted by atomic mass is 9.98. The molecule has 7 nitrogen and oxygen atoms in total. The van der Waals surface area contributed by atoms with Gasteiger partial charge in [-0.2, -0.15) is 5.10 Å². The average molecular weight is 281 g/mol. The number of rotatable bonds is 4. The fraction of sp³-hybridized carbons (Fsp3) is 0.538. The van der Waals surface area contributed by atoms with Crippen molar-refractivity contribution in [2.45, 2.75) is 39.7 Å². The second kappa shape index (κ2) is 5.44. The molecule has 1 aromatic rings. The smallest absolute Gasteiger partial charge is 0.329 e. The topological polar surface area (TPSA) is 101 Å². The van der Waals surface area contributed by atoms with E-state index in [1.165, 1.54) is 14.0 Å². The summed E-state index contributed by atoms with van der Waals surface area (Å²) >= 11 is 0. The fourth-order valence-corrected chi connectivity index (χ4v) is 1.72. The maximum Gasteiger partial charge on any atom is 0.329 e. The van der Waals surface area contributed by atoms with Gasteiger partial charge in [0.25, 0.3) is 11.5 Å². The summed E-state index contributed by atoms with van der Waals surface area (Å²) in [5.74, 6) is -1.84. The number of carboxylic acid groups (broad SMARTS) is 1. The van der Waals surface area contributed by atoms with Crippen LogP contribution in [0.3, 0.4) is 0 Å². The SMILES string of the molecule is CCC(C)(NC(=O)c1c(C)c(C)nn(C)c1=O)C(=O)O. The van der Waals surface area contributed by atoms with Gasteiger partial charge in [0.1, 0.15) is 11.1 Å². The number of aromatic nitrogens is 2. The summed E-state index contributed by atoms with van der Waals surface area (Å²) in [6, 6.07) is 0. The maximum absolute atomic E-state index is 12.3. The molecule has 1 aromatic heterocycles. The molecule has 0 aromatic carbocycles. The molecule has 1 unspecified atom stereocenters. The molecule has 1 heterocycles. The quantitative estimate of drug-likeness (QED) is 0.830. The van der Waals surface area contributed by atoms with Crippen molar-refractivity contribution in [3.63, 3.8) is 0 Å². The Kier molecular flexibility index (Phi) is 4.32. The highest BCUT2D eigenvalue weighted by Gasteiger charge is 2.34. The third-order valence-electron chi connectivity index (χ3n) is 3.52. The van der Waals surface area contributed by atoms with E-state index in [0.29, 0.717) is 11.3 Å². The van der Waals surface area contributed by atoms with Gasteiger partial charge in [0.05, 0.1) is 5.69 Å². The van der Waals surface area contributed by atoms with Crippen LogP contribution >= 0.6 is 0 Å². The Morgan fingerprint density at radius 2 is 1.95 bits per heavy atom. The standard InChI is InChI=1S/C13H19N3O4/c1-6-13(4,12(19)20)14-10(17)9-7(2)8(3)15-16(5)11(9)18/h6H2,1-5H3,(H,14,17)(H,19,20). The summed E-state index contributed by atoms with van der Waals surface area (Å²) < 4.78 is 1.07. The van der Waals surface area contributed by atoms with Crippen molar-refractivity contribution in [1.29, 1.82) is 0 Å². The molecule has 110 valence electrons. The predicted octanol–water partition coefficient (Wildman–Crippen LogP) is 0.380. The number of hydrogen-bond donors (Lipinski definition) is 2. The van der Waals surface area contributed by atoms with Crippen molar-refractivity contribution in [2.24, 2.45) is 7.05 Å². The maximum atomic E-state index is 12.3. The Hall–Kier alpha value is -2.18. The van der Waals surface area contributed by atoms with Crippen LogP contribution in [-0.2, 0) is 11.8 Å². The van der Waals surface area contributed by atoms with Crippen molar-refractivity contribution >= 4 is 11.9 Å². The van der Waals surface area contributed by atoms with Crippen molar-refractivity contribution in [2.75, 3.05) is 0 Å². The summed E-state index contributed by atoms with van der Waals surface area (Å²) in [7, 11) is 1.45. The average Bonchev–Trinajstić information content (AvgIpc) is 2.36. The zero-order valence-electron chi connectivity index (χ0n) is 12.3. The Morgan fingerprint density at radius 1 is 1.40 bits per heavy atom. The molecule has 0 saturated heterocycles. The number of carbonyl (C=O) groups is 2. The Morgan fingerprint density at radius 3 is 2.40 bits per heavy atom. The largest absolute Gasteiger partial charge is 0.480 e. The minimum atomic E-state index is -1.41. The van der Waals surface area contributed by atoms with Gasteiger partial charge in [-0.1, -0.05) is 6.92 Å². The first kappa shape index (κ1) is 15.9. The summed E-state index contributed by atoms with van der Waals surface area (Å²) in [5, 5.41) is 15.6. The van der Waals surface area contributed by atoms with Gasteiger partial charge in [0.15, 0.2) is 0 Å². The first-order valence-electron chi connectivity index (χ1n) is 6.24. The van der Waals surface area contributed by atoms with Crippen LogP contribution in [0.4, 0.5) is 0 Å². The van der Waals surface area contributed by atoms with E-state index in [1.807, 2.05) is 0 Å². The van der Waals surface area contributed by atoms with E-state index in [2.05, 4.69) is 10.4 Å². The first-order chi connectivity index (χ1) is 9.14. The molecule has 0 radical (unpaired) electrons. The molecule has 0 fully saturated rings. The van der Waals surface area contributed by atoms with Gasteiger partial charge in [-0.05, 0) is 32.8 Å². The molecule has 0 aliphatic rings. The lowest BCUT2D eigenvalue weighted by Crippen LogP contribution is -2.53. The number of hydrogen-bond acceptors (Lipinski definition) is 4. The highest BCUT2D eigenvalue weighted by Crippen LogP contribution is 2.12. The van der Waals surface area contributed by atoms with Gasteiger partial charge in [0, 0.05) is 7.05 Å². The van der Waals surface area contributed by atoms with E-state index < -0.39 is 23.0 Å². The molecule has 2 N–H and O–H groups in total. The normalized spacial score (nSPS) is 13.7. The van der Waals surface area contributed by atoms with Crippen LogP contribution in [0, 0.1) is 13.8 Å². The van der Waals surface area contributed by atoms with Gasteiger partial charge >= 0.3 is 5.97 Å². The summed E-state index contributed by atoms with van der Waals surface area (Å²) in [5.41, 5.74) is -1.03. The monoisotopic (exact) mass is 281 g/mol. The Labute approximate surface area is 116 Å². The predicted molar refractivity (Wildman–Crippen MR) is 72.8 cm³/mol. The molecule has 0 aliphatic heterocycles.